The number of hydrogen-bond acceptors (Lipinski definition) is 4. The molecule has 0 unspecified atom stereocenters. The lowest BCUT2D eigenvalue weighted by Crippen LogP contribution is -2.39. The second kappa shape index (κ2) is 6.96. The van der Waals surface area contributed by atoms with Crippen molar-refractivity contribution in [3.05, 3.63) is 50.2 Å². The summed E-state index contributed by atoms with van der Waals surface area (Å²) in [6.45, 7) is 8.21. The molecule has 0 radical (unpaired) electrons. The molecule has 1 aromatic carbocycles. The minimum atomic E-state index is -0.288. The summed E-state index contributed by atoms with van der Waals surface area (Å²) in [6, 6.07) is 6.22. The van der Waals surface area contributed by atoms with E-state index in [2.05, 4.69) is 37.8 Å². The number of aryl methyl sites for hydroxylation is 2. The molecule has 0 spiro atoms. The van der Waals surface area contributed by atoms with Crippen molar-refractivity contribution >= 4 is 22.8 Å². The number of anilines is 2. The molecule has 28 heavy (non-hydrogen) atoms. The van der Waals surface area contributed by atoms with Crippen LogP contribution < -0.4 is 16.1 Å². The second-order valence-corrected chi connectivity index (χ2v) is 7.61. The number of unbranched alkanes of at least 4 members (excludes halogenated alkanes) is 2. The SMILES string of the molecule is CCCCCn1c(=O)c2c(nc3n2CCN3c2cccc(C)c2C)n(C)c1=O. The summed E-state index contributed by atoms with van der Waals surface area (Å²) < 4.78 is 4.85. The van der Waals surface area contributed by atoms with Gasteiger partial charge < -0.3 is 9.47 Å². The summed E-state index contributed by atoms with van der Waals surface area (Å²) in [5.41, 5.74) is 4.00. The van der Waals surface area contributed by atoms with Crippen molar-refractivity contribution in [2.45, 2.75) is 53.1 Å². The molecular weight excluding hydrogens is 354 g/mol. The number of nitrogens with zero attached hydrogens (tertiary/aromatic N) is 5. The molecule has 3 heterocycles. The van der Waals surface area contributed by atoms with Crippen LogP contribution >= 0.6 is 0 Å². The van der Waals surface area contributed by atoms with Gasteiger partial charge in [-0.2, -0.15) is 4.98 Å². The topological polar surface area (TPSA) is 65.1 Å². The quantitative estimate of drug-likeness (QED) is 0.638. The average Bonchev–Trinajstić information content (AvgIpc) is 3.24. The van der Waals surface area contributed by atoms with Gasteiger partial charge in [-0.05, 0) is 37.5 Å². The molecule has 0 fully saturated rings. The Morgan fingerprint density at radius 3 is 2.64 bits per heavy atom. The monoisotopic (exact) mass is 381 g/mol. The van der Waals surface area contributed by atoms with Crippen LogP contribution in [-0.4, -0.2) is 25.2 Å². The molecule has 0 atom stereocenters. The van der Waals surface area contributed by atoms with E-state index in [1.807, 2.05) is 10.6 Å². The van der Waals surface area contributed by atoms with Gasteiger partial charge >= 0.3 is 5.69 Å². The van der Waals surface area contributed by atoms with Crippen LogP contribution in [0.15, 0.2) is 27.8 Å². The number of imidazole rings is 1. The lowest BCUT2D eigenvalue weighted by molar-refractivity contribution is 0.549. The van der Waals surface area contributed by atoms with E-state index in [1.54, 1.807) is 7.05 Å². The highest BCUT2D eigenvalue weighted by Crippen LogP contribution is 2.34. The molecule has 3 aromatic rings. The van der Waals surface area contributed by atoms with Crippen molar-refractivity contribution in [2.24, 2.45) is 7.05 Å². The smallest absolute Gasteiger partial charge is 0.310 e. The maximum Gasteiger partial charge on any atom is 0.332 e. The predicted octanol–water partition coefficient (Wildman–Crippen LogP) is 2.86. The Balaban J connectivity index is 1.89. The zero-order valence-corrected chi connectivity index (χ0v) is 17.0. The van der Waals surface area contributed by atoms with Gasteiger partial charge in [0.25, 0.3) is 5.56 Å². The third-order valence-corrected chi connectivity index (χ3v) is 5.85. The van der Waals surface area contributed by atoms with Crippen LogP contribution in [0.2, 0.25) is 0 Å². The van der Waals surface area contributed by atoms with E-state index in [4.69, 9.17) is 4.98 Å². The lowest BCUT2D eigenvalue weighted by atomic mass is 10.1. The molecule has 0 aliphatic carbocycles. The minimum Gasteiger partial charge on any atom is -0.310 e. The first-order valence-electron chi connectivity index (χ1n) is 9.99. The first-order chi connectivity index (χ1) is 13.5. The van der Waals surface area contributed by atoms with Gasteiger partial charge in [0.1, 0.15) is 0 Å². The van der Waals surface area contributed by atoms with Crippen LogP contribution in [0.4, 0.5) is 11.6 Å². The Labute approximate surface area is 163 Å². The molecule has 0 amide bonds. The Bertz CT molecular complexity index is 1170. The van der Waals surface area contributed by atoms with Crippen molar-refractivity contribution < 1.29 is 0 Å². The third-order valence-electron chi connectivity index (χ3n) is 5.85. The molecule has 0 N–H and O–H groups in total. The third kappa shape index (κ3) is 2.68. The normalized spacial score (nSPS) is 13.5. The molecule has 4 rings (SSSR count). The van der Waals surface area contributed by atoms with Crippen molar-refractivity contribution in [3.8, 4) is 0 Å². The Morgan fingerprint density at radius 1 is 1.11 bits per heavy atom. The molecule has 0 saturated heterocycles. The van der Waals surface area contributed by atoms with Gasteiger partial charge in [0.15, 0.2) is 11.2 Å². The molecule has 1 aliphatic heterocycles. The molecule has 2 aromatic heterocycles. The van der Waals surface area contributed by atoms with Gasteiger partial charge in [0, 0.05) is 32.4 Å². The van der Waals surface area contributed by atoms with Gasteiger partial charge in [-0.15, -0.1) is 0 Å². The van der Waals surface area contributed by atoms with Gasteiger partial charge in [-0.1, -0.05) is 31.9 Å². The van der Waals surface area contributed by atoms with Crippen LogP contribution in [0.5, 0.6) is 0 Å². The van der Waals surface area contributed by atoms with E-state index < -0.39 is 0 Å². The summed E-state index contributed by atoms with van der Waals surface area (Å²) in [6.07, 6.45) is 2.87. The lowest BCUT2D eigenvalue weighted by Gasteiger charge is -2.19. The van der Waals surface area contributed by atoms with Gasteiger partial charge in [-0.25, -0.2) is 4.79 Å². The summed E-state index contributed by atoms with van der Waals surface area (Å²) in [7, 11) is 1.70. The number of fused-ring (bicyclic) bond motifs is 3. The highest BCUT2D eigenvalue weighted by Gasteiger charge is 2.29. The van der Waals surface area contributed by atoms with Crippen LogP contribution in [0.25, 0.3) is 11.2 Å². The standard InChI is InChI=1S/C21H27N5O2/c1-5-6-7-11-26-19(27)17-18(23(4)21(26)28)22-20-24(12-13-25(17)20)16-10-8-9-14(2)15(16)3/h8-10H,5-7,11-13H2,1-4H3. The highest BCUT2D eigenvalue weighted by molar-refractivity contribution is 5.78. The maximum atomic E-state index is 13.2. The Morgan fingerprint density at radius 2 is 1.89 bits per heavy atom. The first kappa shape index (κ1) is 18.5. The molecule has 7 nitrogen and oxygen atoms in total. The summed E-state index contributed by atoms with van der Waals surface area (Å²) >= 11 is 0. The van der Waals surface area contributed by atoms with Crippen molar-refractivity contribution in [2.75, 3.05) is 11.4 Å². The van der Waals surface area contributed by atoms with E-state index >= 15 is 0 Å². The fourth-order valence-corrected chi connectivity index (χ4v) is 4.05. The van der Waals surface area contributed by atoms with Crippen LogP contribution in [0, 0.1) is 13.8 Å². The summed E-state index contributed by atoms with van der Waals surface area (Å²) in [4.78, 5) is 32.8. The molecule has 0 bridgehead atoms. The minimum absolute atomic E-state index is 0.226. The Kier molecular flexibility index (Phi) is 4.61. The van der Waals surface area contributed by atoms with Crippen LogP contribution in [-0.2, 0) is 20.1 Å². The van der Waals surface area contributed by atoms with Gasteiger partial charge in [-0.3, -0.25) is 13.9 Å². The summed E-state index contributed by atoms with van der Waals surface area (Å²) in [5.74, 6) is 0.738. The second-order valence-electron chi connectivity index (χ2n) is 7.61. The first-order valence-corrected chi connectivity index (χ1v) is 9.99. The number of hydrogen-bond donors (Lipinski definition) is 0. The molecular formula is C21H27N5O2. The van der Waals surface area contributed by atoms with E-state index in [0.717, 1.165) is 37.4 Å². The zero-order valence-electron chi connectivity index (χ0n) is 17.0. The number of aromatic nitrogens is 4. The summed E-state index contributed by atoms with van der Waals surface area (Å²) in [5, 5.41) is 0. The molecule has 148 valence electrons. The van der Waals surface area contributed by atoms with Crippen molar-refractivity contribution in [1.29, 1.82) is 0 Å². The van der Waals surface area contributed by atoms with Gasteiger partial charge in [0.05, 0.1) is 0 Å². The van der Waals surface area contributed by atoms with E-state index in [0.29, 0.717) is 24.3 Å². The van der Waals surface area contributed by atoms with E-state index in [1.165, 1.54) is 20.3 Å². The number of rotatable bonds is 5. The van der Waals surface area contributed by atoms with E-state index in [9.17, 15) is 9.59 Å². The highest BCUT2D eigenvalue weighted by atomic mass is 16.2. The Hall–Kier alpha value is -2.83. The van der Waals surface area contributed by atoms with Crippen molar-refractivity contribution in [3.63, 3.8) is 0 Å². The zero-order chi connectivity index (χ0) is 20.0. The van der Waals surface area contributed by atoms with Crippen molar-refractivity contribution in [1.82, 2.24) is 18.7 Å². The average molecular weight is 381 g/mol. The fraction of sp³-hybridized carbons (Fsp3) is 0.476. The predicted molar refractivity (Wildman–Crippen MR) is 112 cm³/mol. The van der Waals surface area contributed by atoms with Crippen LogP contribution in [0.3, 0.4) is 0 Å². The molecule has 0 saturated carbocycles. The van der Waals surface area contributed by atoms with Gasteiger partial charge in [0.2, 0.25) is 5.95 Å². The molecule has 7 heteroatoms. The fourth-order valence-electron chi connectivity index (χ4n) is 4.05. The molecule has 1 aliphatic rings. The number of benzene rings is 1. The van der Waals surface area contributed by atoms with E-state index in [-0.39, 0.29) is 11.2 Å². The van der Waals surface area contributed by atoms with Crippen LogP contribution in [0.1, 0.15) is 37.3 Å². The maximum absolute atomic E-state index is 13.2. The largest absolute Gasteiger partial charge is 0.332 e.